The van der Waals surface area contributed by atoms with Crippen molar-refractivity contribution < 1.29 is 9.59 Å². The number of nitrogens with zero attached hydrogens (tertiary/aromatic N) is 1. The van der Waals surface area contributed by atoms with Gasteiger partial charge >= 0.3 is 0 Å². The van der Waals surface area contributed by atoms with E-state index in [9.17, 15) is 9.59 Å². The third kappa shape index (κ3) is 2.99. The van der Waals surface area contributed by atoms with Crippen LogP contribution in [0.4, 0.5) is 11.4 Å². The average Bonchev–Trinajstić information content (AvgIpc) is 2.93. The van der Waals surface area contributed by atoms with Gasteiger partial charge in [-0.25, -0.2) is 0 Å². The molecule has 2 heterocycles. The number of amides is 2. The molecular formula is C15H17N5O2. The van der Waals surface area contributed by atoms with Crippen LogP contribution in [0.5, 0.6) is 0 Å². The molecule has 0 spiro atoms. The Kier molecular flexibility index (Phi) is 3.88. The fourth-order valence-corrected chi connectivity index (χ4v) is 2.44. The van der Waals surface area contributed by atoms with E-state index in [-0.39, 0.29) is 11.8 Å². The van der Waals surface area contributed by atoms with Crippen LogP contribution in [0.3, 0.4) is 0 Å². The molecule has 3 rings (SSSR count). The number of rotatable bonds is 3. The molecule has 0 saturated heterocycles. The van der Waals surface area contributed by atoms with E-state index < -0.39 is 0 Å². The van der Waals surface area contributed by atoms with E-state index in [0.29, 0.717) is 23.6 Å². The number of nitrogens with one attached hydrogen (secondary N) is 4. The monoisotopic (exact) mass is 299 g/mol. The Hall–Kier alpha value is -2.67. The maximum atomic E-state index is 12.3. The van der Waals surface area contributed by atoms with Gasteiger partial charge in [0.1, 0.15) is 0 Å². The second kappa shape index (κ2) is 5.98. The van der Waals surface area contributed by atoms with Gasteiger partial charge in [-0.15, -0.1) is 0 Å². The molecule has 1 aliphatic heterocycles. The molecule has 1 aromatic carbocycles. The number of H-pyrrole nitrogens is 1. The second-order valence-corrected chi connectivity index (χ2v) is 5.17. The van der Waals surface area contributed by atoms with Crippen molar-refractivity contribution >= 4 is 23.2 Å². The predicted octanol–water partition coefficient (Wildman–Crippen LogP) is 1.27. The zero-order valence-corrected chi connectivity index (χ0v) is 12.2. The first-order chi connectivity index (χ1) is 10.6. The lowest BCUT2D eigenvalue weighted by atomic mass is 10.1. The molecule has 0 atom stereocenters. The molecule has 114 valence electrons. The quantitative estimate of drug-likeness (QED) is 0.686. The highest BCUT2D eigenvalue weighted by Gasteiger charge is 2.21. The van der Waals surface area contributed by atoms with Crippen LogP contribution in [0.2, 0.25) is 0 Å². The average molecular weight is 299 g/mol. The molecule has 2 aromatic rings. The molecule has 2 amide bonds. The summed E-state index contributed by atoms with van der Waals surface area (Å²) >= 11 is 0. The number of aromatic amines is 1. The Labute approximate surface area is 127 Å². The van der Waals surface area contributed by atoms with Gasteiger partial charge in [0.25, 0.3) is 5.91 Å². The Balaban J connectivity index is 1.71. The van der Waals surface area contributed by atoms with Gasteiger partial charge in [-0.3, -0.25) is 14.7 Å². The van der Waals surface area contributed by atoms with Crippen LogP contribution in [-0.2, 0) is 17.8 Å². The highest BCUT2D eigenvalue weighted by Crippen LogP contribution is 2.18. The second-order valence-electron chi connectivity index (χ2n) is 5.17. The van der Waals surface area contributed by atoms with Crippen molar-refractivity contribution in [1.82, 2.24) is 15.5 Å². The Morgan fingerprint density at radius 2 is 1.82 bits per heavy atom. The van der Waals surface area contributed by atoms with Crippen molar-refractivity contribution in [3.05, 3.63) is 41.2 Å². The fraction of sp³-hybridized carbons (Fsp3) is 0.267. The zero-order chi connectivity index (χ0) is 15.5. The van der Waals surface area contributed by atoms with Crippen molar-refractivity contribution in [1.29, 1.82) is 0 Å². The van der Waals surface area contributed by atoms with E-state index in [4.69, 9.17) is 0 Å². The van der Waals surface area contributed by atoms with Gasteiger partial charge in [0.2, 0.25) is 5.91 Å². The molecule has 4 N–H and O–H groups in total. The molecule has 0 unspecified atom stereocenters. The molecule has 0 saturated carbocycles. The molecule has 7 nitrogen and oxygen atoms in total. The number of carbonyl (C=O) groups is 2. The fourth-order valence-electron chi connectivity index (χ4n) is 2.44. The van der Waals surface area contributed by atoms with Crippen molar-refractivity contribution in [3.63, 3.8) is 0 Å². The lowest BCUT2D eigenvalue weighted by Gasteiger charge is -2.13. The van der Waals surface area contributed by atoms with E-state index in [1.54, 1.807) is 24.3 Å². The number of anilines is 2. The van der Waals surface area contributed by atoms with E-state index in [2.05, 4.69) is 26.1 Å². The molecule has 0 aliphatic carbocycles. The van der Waals surface area contributed by atoms with Gasteiger partial charge in [0.15, 0.2) is 5.69 Å². The van der Waals surface area contributed by atoms with Crippen molar-refractivity contribution in [3.8, 4) is 0 Å². The highest BCUT2D eigenvalue weighted by atomic mass is 16.2. The van der Waals surface area contributed by atoms with Gasteiger partial charge < -0.3 is 16.0 Å². The summed E-state index contributed by atoms with van der Waals surface area (Å²) in [7, 11) is 0. The summed E-state index contributed by atoms with van der Waals surface area (Å²) in [5.41, 5.74) is 3.71. The van der Waals surface area contributed by atoms with Crippen LogP contribution in [0.25, 0.3) is 0 Å². The largest absolute Gasteiger partial charge is 0.326 e. The van der Waals surface area contributed by atoms with Crippen LogP contribution < -0.4 is 16.0 Å². The first kappa shape index (κ1) is 14.3. The van der Waals surface area contributed by atoms with Crippen LogP contribution >= 0.6 is 0 Å². The summed E-state index contributed by atoms with van der Waals surface area (Å²) in [5.74, 6) is -0.374. The Morgan fingerprint density at radius 1 is 1.14 bits per heavy atom. The Morgan fingerprint density at radius 3 is 2.50 bits per heavy atom. The van der Waals surface area contributed by atoms with Crippen molar-refractivity contribution in [2.24, 2.45) is 0 Å². The summed E-state index contributed by atoms with van der Waals surface area (Å²) in [6.45, 7) is 2.99. The maximum absolute atomic E-state index is 12.3. The van der Waals surface area contributed by atoms with Crippen LogP contribution in [-0.4, -0.2) is 28.6 Å². The maximum Gasteiger partial charge on any atom is 0.276 e. The molecular weight excluding hydrogens is 282 g/mol. The van der Waals surface area contributed by atoms with E-state index in [0.717, 1.165) is 24.2 Å². The highest BCUT2D eigenvalue weighted by molar-refractivity contribution is 6.04. The van der Waals surface area contributed by atoms with Gasteiger partial charge in [0, 0.05) is 49.1 Å². The zero-order valence-electron chi connectivity index (χ0n) is 12.2. The molecule has 1 aliphatic rings. The van der Waals surface area contributed by atoms with Crippen molar-refractivity contribution in [2.45, 2.75) is 19.9 Å². The lowest BCUT2D eigenvalue weighted by molar-refractivity contribution is -0.114. The third-order valence-electron chi connectivity index (χ3n) is 3.48. The van der Waals surface area contributed by atoms with Crippen LogP contribution in [0, 0.1) is 0 Å². The molecule has 1 aromatic heterocycles. The number of fused-ring (bicyclic) bond motifs is 1. The minimum Gasteiger partial charge on any atom is -0.326 e. The lowest BCUT2D eigenvalue weighted by Crippen LogP contribution is -2.25. The molecule has 0 bridgehead atoms. The standard InChI is InChI=1S/C15H17N5O2/c1-9(21)17-10-2-4-11(5-3-10)18-15(22)14-12-8-16-7-6-13(12)19-20-14/h2-5,16H,6-8H2,1H3,(H,17,21)(H,18,22)(H,19,20). The molecule has 0 radical (unpaired) electrons. The van der Waals surface area contributed by atoms with Gasteiger partial charge in [-0.1, -0.05) is 0 Å². The normalized spacial score (nSPS) is 13.3. The summed E-state index contributed by atoms with van der Waals surface area (Å²) < 4.78 is 0. The number of hydrogen-bond acceptors (Lipinski definition) is 4. The number of carbonyl (C=O) groups excluding carboxylic acids is 2. The topological polar surface area (TPSA) is 98.9 Å². The van der Waals surface area contributed by atoms with Gasteiger partial charge in [-0.05, 0) is 24.3 Å². The SMILES string of the molecule is CC(=O)Nc1ccc(NC(=O)c2n[nH]c3c2CNCC3)cc1. The van der Waals surface area contributed by atoms with E-state index >= 15 is 0 Å². The van der Waals surface area contributed by atoms with E-state index in [1.165, 1.54) is 6.92 Å². The van der Waals surface area contributed by atoms with Crippen LogP contribution in [0.1, 0.15) is 28.7 Å². The number of hydrogen-bond donors (Lipinski definition) is 4. The molecule has 0 fully saturated rings. The number of aromatic nitrogens is 2. The first-order valence-corrected chi connectivity index (χ1v) is 7.09. The van der Waals surface area contributed by atoms with E-state index in [1.807, 2.05) is 0 Å². The minimum atomic E-state index is -0.242. The molecule has 7 heteroatoms. The first-order valence-electron chi connectivity index (χ1n) is 7.09. The number of benzene rings is 1. The smallest absolute Gasteiger partial charge is 0.276 e. The van der Waals surface area contributed by atoms with Gasteiger partial charge in [-0.2, -0.15) is 5.10 Å². The minimum absolute atomic E-state index is 0.132. The van der Waals surface area contributed by atoms with Gasteiger partial charge in [0.05, 0.1) is 0 Å². The predicted molar refractivity (Wildman–Crippen MR) is 82.7 cm³/mol. The van der Waals surface area contributed by atoms with Crippen molar-refractivity contribution in [2.75, 3.05) is 17.2 Å². The molecule has 22 heavy (non-hydrogen) atoms. The summed E-state index contributed by atoms with van der Waals surface area (Å²) in [5, 5.41) is 15.8. The summed E-state index contributed by atoms with van der Waals surface area (Å²) in [4.78, 5) is 23.3. The summed E-state index contributed by atoms with van der Waals surface area (Å²) in [6.07, 6.45) is 0.848. The Bertz CT molecular complexity index is 705. The third-order valence-corrected chi connectivity index (χ3v) is 3.48. The van der Waals surface area contributed by atoms with Crippen LogP contribution in [0.15, 0.2) is 24.3 Å². The summed E-state index contributed by atoms with van der Waals surface area (Å²) in [6, 6.07) is 6.94.